The lowest BCUT2D eigenvalue weighted by molar-refractivity contribution is -0.145. The molecule has 1 aliphatic heterocycles. The third-order valence-electron chi connectivity index (χ3n) is 9.39. The van der Waals surface area contributed by atoms with Gasteiger partial charge in [-0.15, -0.1) is 0 Å². The zero-order valence-electron chi connectivity index (χ0n) is 28.1. The molecule has 0 bridgehead atoms. The molecular formula is C37H58N4O3. The lowest BCUT2D eigenvalue weighted by Gasteiger charge is -2.35. The maximum absolute atomic E-state index is 13.8. The van der Waals surface area contributed by atoms with Gasteiger partial charge in [-0.25, -0.2) is 0 Å². The van der Waals surface area contributed by atoms with Crippen molar-refractivity contribution in [2.24, 2.45) is 11.3 Å². The Morgan fingerprint density at radius 1 is 1.02 bits per heavy atom. The Balaban J connectivity index is 1.34. The first-order valence-corrected chi connectivity index (χ1v) is 17.3. The number of rotatable bonds is 15. The van der Waals surface area contributed by atoms with Crippen LogP contribution in [0.4, 0.5) is 0 Å². The van der Waals surface area contributed by atoms with Gasteiger partial charge in [0.1, 0.15) is 12.3 Å². The predicted molar refractivity (Wildman–Crippen MR) is 179 cm³/mol. The van der Waals surface area contributed by atoms with Crippen LogP contribution in [-0.4, -0.2) is 61.8 Å². The second kappa shape index (κ2) is 16.7. The van der Waals surface area contributed by atoms with Gasteiger partial charge in [-0.1, -0.05) is 70.5 Å². The molecular weight excluding hydrogens is 548 g/mol. The van der Waals surface area contributed by atoms with Crippen molar-refractivity contribution in [3.05, 3.63) is 58.7 Å². The number of amides is 2. The van der Waals surface area contributed by atoms with Gasteiger partial charge in [0, 0.05) is 25.6 Å². The summed E-state index contributed by atoms with van der Waals surface area (Å²) in [6.45, 7) is 11.2. The molecule has 0 aromatic heterocycles. The van der Waals surface area contributed by atoms with Crippen LogP contribution in [0.1, 0.15) is 103 Å². The summed E-state index contributed by atoms with van der Waals surface area (Å²) in [7, 11) is 1.72. The van der Waals surface area contributed by atoms with Gasteiger partial charge in [-0.2, -0.15) is 0 Å². The van der Waals surface area contributed by atoms with Crippen LogP contribution in [-0.2, 0) is 27.3 Å². The summed E-state index contributed by atoms with van der Waals surface area (Å²) >= 11 is 0. The second-order valence-electron chi connectivity index (χ2n) is 14.1. The van der Waals surface area contributed by atoms with Crippen molar-refractivity contribution in [3.63, 3.8) is 0 Å². The van der Waals surface area contributed by atoms with Crippen LogP contribution in [0.25, 0.3) is 0 Å². The molecule has 1 aromatic carbocycles. The van der Waals surface area contributed by atoms with Gasteiger partial charge < -0.3 is 20.3 Å². The van der Waals surface area contributed by atoms with Crippen LogP contribution in [0.2, 0.25) is 0 Å². The molecule has 3 N–H and O–H groups in total. The minimum Gasteiger partial charge on any atom is -0.364 e. The van der Waals surface area contributed by atoms with Gasteiger partial charge >= 0.3 is 0 Å². The van der Waals surface area contributed by atoms with E-state index in [1.165, 1.54) is 48.0 Å². The Morgan fingerprint density at radius 3 is 2.45 bits per heavy atom. The van der Waals surface area contributed by atoms with Crippen LogP contribution >= 0.6 is 0 Å². The quantitative estimate of drug-likeness (QED) is 0.168. The van der Waals surface area contributed by atoms with E-state index in [1.807, 2.05) is 20.8 Å². The molecule has 3 aliphatic rings. The van der Waals surface area contributed by atoms with Gasteiger partial charge in [0.15, 0.2) is 0 Å². The molecule has 44 heavy (non-hydrogen) atoms. The lowest BCUT2D eigenvalue weighted by atomic mass is 9.80. The zero-order chi connectivity index (χ0) is 31.5. The highest BCUT2D eigenvalue weighted by atomic mass is 16.5. The van der Waals surface area contributed by atoms with E-state index in [0.717, 1.165) is 58.2 Å². The molecule has 0 spiro atoms. The fourth-order valence-electron chi connectivity index (χ4n) is 6.96. The van der Waals surface area contributed by atoms with Crippen molar-refractivity contribution in [1.29, 1.82) is 0 Å². The number of ether oxygens (including phenoxy) is 1. The monoisotopic (exact) mass is 606 g/mol. The smallest absolute Gasteiger partial charge is 0.243 e. The van der Waals surface area contributed by atoms with E-state index in [0.29, 0.717) is 18.9 Å². The zero-order valence-corrected chi connectivity index (χ0v) is 28.1. The number of allylic oxidation sites excluding steroid dienone is 4. The molecule has 4 atom stereocenters. The number of benzene rings is 1. The van der Waals surface area contributed by atoms with E-state index < -0.39 is 11.5 Å². The predicted octanol–water partition coefficient (Wildman–Crippen LogP) is 6.04. The molecule has 0 radical (unpaired) electrons. The number of methoxy groups -OCH3 is 1. The molecule has 7 heteroatoms. The van der Waals surface area contributed by atoms with E-state index in [-0.39, 0.29) is 24.1 Å². The summed E-state index contributed by atoms with van der Waals surface area (Å²) in [5.74, 6) is 0.347. The maximum Gasteiger partial charge on any atom is 0.243 e. The Hall–Kier alpha value is -2.48. The molecule has 4 unspecified atom stereocenters. The third kappa shape index (κ3) is 9.76. The number of nitrogens with one attached hydrogen (secondary N) is 3. The van der Waals surface area contributed by atoms with E-state index in [2.05, 4.69) is 59.3 Å². The molecule has 2 aliphatic carbocycles. The van der Waals surface area contributed by atoms with Crippen LogP contribution in [0.15, 0.2) is 47.6 Å². The van der Waals surface area contributed by atoms with Crippen LogP contribution in [0.5, 0.6) is 0 Å². The summed E-state index contributed by atoms with van der Waals surface area (Å²) in [5.41, 5.74) is 5.22. The Kier molecular flexibility index (Phi) is 13.1. The topological polar surface area (TPSA) is 82.7 Å². The van der Waals surface area contributed by atoms with Gasteiger partial charge in [0.05, 0.1) is 6.04 Å². The maximum atomic E-state index is 13.8. The SMILES string of the molecule is CCCc1ccc(CNCCCNC(OC)C(CC2C=C3CCCCC3=CC2)NC(=O)C2CCCN2C(=O)C(C)(C)C)cc1. The van der Waals surface area contributed by atoms with Gasteiger partial charge in [0.2, 0.25) is 11.8 Å². The van der Waals surface area contributed by atoms with Gasteiger partial charge in [-0.05, 0) is 105 Å². The normalized spacial score (nSPS) is 21.7. The van der Waals surface area contributed by atoms with Crippen LogP contribution < -0.4 is 16.0 Å². The Bertz CT molecular complexity index is 1140. The fourth-order valence-corrected chi connectivity index (χ4v) is 6.96. The van der Waals surface area contributed by atoms with E-state index in [9.17, 15) is 9.59 Å². The molecule has 7 nitrogen and oxygen atoms in total. The van der Waals surface area contributed by atoms with Gasteiger partial charge in [0.25, 0.3) is 0 Å². The summed E-state index contributed by atoms with van der Waals surface area (Å²) in [5, 5.41) is 10.5. The average molecular weight is 607 g/mol. The average Bonchev–Trinajstić information content (AvgIpc) is 3.51. The standard InChI is InChI=1S/C37H58N4O3/c1-6-11-27-15-17-28(18-16-27)26-38-21-10-22-39-35(44-5)32(25-29-19-20-30-12-7-8-13-31(30)24-29)40-34(42)33-14-9-23-41(33)36(43)37(2,3)4/h15-18,20,24,29,32-33,35,38-39H,6-14,19,21-23,25-26H2,1-5H3,(H,40,42). The Morgan fingerprint density at radius 2 is 1.75 bits per heavy atom. The molecule has 1 heterocycles. The number of nitrogens with zero attached hydrogens (tertiary/aromatic N) is 1. The number of carbonyl (C=O) groups is 2. The fraction of sp³-hybridized carbons (Fsp3) is 0.676. The highest BCUT2D eigenvalue weighted by molar-refractivity contribution is 5.90. The molecule has 2 amide bonds. The number of hydrogen-bond acceptors (Lipinski definition) is 5. The number of aryl methyl sites for hydroxylation is 1. The summed E-state index contributed by atoms with van der Waals surface area (Å²) in [6.07, 6.45) is 16.1. The van der Waals surface area contributed by atoms with Crippen LogP contribution in [0, 0.1) is 11.3 Å². The first-order valence-electron chi connectivity index (χ1n) is 17.3. The largest absolute Gasteiger partial charge is 0.364 e. The van der Waals surface area contributed by atoms with E-state index in [1.54, 1.807) is 12.0 Å². The van der Waals surface area contributed by atoms with Crippen molar-refractivity contribution >= 4 is 11.8 Å². The van der Waals surface area contributed by atoms with E-state index in [4.69, 9.17) is 4.74 Å². The third-order valence-corrected chi connectivity index (χ3v) is 9.39. The number of carbonyl (C=O) groups excluding carboxylic acids is 2. The number of likely N-dealkylation sites (tertiary alicyclic amines) is 1. The number of fused-ring (bicyclic) bond motifs is 1. The molecule has 1 saturated heterocycles. The van der Waals surface area contributed by atoms with Crippen molar-refractivity contribution in [2.75, 3.05) is 26.7 Å². The lowest BCUT2D eigenvalue weighted by Crippen LogP contribution is -2.57. The summed E-state index contributed by atoms with van der Waals surface area (Å²) in [4.78, 5) is 28.7. The second-order valence-corrected chi connectivity index (χ2v) is 14.1. The van der Waals surface area contributed by atoms with Crippen LogP contribution in [0.3, 0.4) is 0 Å². The van der Waals surface area contributed by atoms with Crippen molar-refractivity contribution in [3.8, 4) is 0 Å². The Labute approximate surface area is 266 Å². The van der Waals surface area contributed by atoms with Crippen molar-refractivity contribution in [1.82, 2.24) is 20.9 Å². The summed E-state index contributed by atoms with van der Waals surface area (Å²) in [6, 6.07) is 8.28. The summed E-state index contributed by atoms with van der Waals surface area (Å²) < 4.78 is 6.00. The van der Waals surface area contributed by atoms with Crippen molar-refractivity contribution < 1.29 is 14.3 Å². The van der Waals surface area contributed by atoms with Gasteiger partial charge in [-0.3, -0.25) is 14.9 Å². The highest BCUT2D eigenvalue weighted by Gasteiger charge is 2.40. The van der Waals surface area contributed by atoms with Crippen molar-refractivity contribution in [2.45, 2.75) is 123 Å². The number of hydrogen-bond donors (Lipinski definition) is 3. The van der Waals surface area contributed by atoms with E-state index >= 15 is 0 Å². The molecule has 2 fully saturated rings. The molecule has 244 valence electrons. The minimum atomic E-state index is -0.510. The minimum absolute atomic E-state index is 0.0458. The first kappa shape index (κ1) is 34.4. The molecule has 1 saturated carbocycles. The highest BCUT2D eigenvalue weighted by Crippen LogP contribution is 2.36. The molecule has 4 rings (SSSR count). The first-order chi connectivity index (χ1) is 21.2. The molecule has 1 aromatic rings.